The van der Waals surface area contributed by atoms with E-state index in [2.05, 4.69) is 24.4 Å². The molecule has 2 aromatic carbocycles. The first-order valence-corrected chi connectivity index (χ1v) is 10.8. The summed E-state index contributed by atoms with van der Waals surface area (Å²) in [7, 11) is 0. The molecule has 0 saturated heterocycles. The van der Waals surface area contributed by atoms with Crippen LogP contribution in [0.15, 0.2) is 71.5 Å². The molecule has 0 atom stereocenters. The molecular weight excluding hydrogens is 406 g/mol. The van der Waals surface area contributed by atoms with Gasteiger partial charge in [0.05, 0.1) is 5.69 Å². The lowest BCUT2D eigenvalue weighted by molar-refractivity contribution is -0.116. The molecule has 6 heteroatoms. The summed E-state index contributed by atoms with van der Waals surface area (Å²) in [5.74, 6) is -0.140. The second kappa shape index (κ2) is 8.70. The number of aryl methyl sites for hydroxylation is 3. The fourth-order valence-corrected chi connectivity index (χ4v) is 4.50. The van der Waals surface area contributed by atoms with Crippen LogP contribution in [0.3, 0.4) is 0 Å². The van der Waals surface area contributed by atoms with Crippen molar-refractivity contribution in [3.8, 4) is 21.8 Å². The Bertz CT molecular complexity index is 1260. The average molecular weight is 430 g/mol. The average Bonchev–Trinajstić information content (AvgIpc) is 3.13. The van der Waals surface area contributed by atoms with Crippen LogP contribution in [-0.2, 0) is 11.3 Å². The molecule has 2 aromatic heterocycles. The maximum atomic E-state index is 12.5. The Morgan fingerprint density at radius 1 is 0.935 bits per heavy atom. The number of hydrogen-bond acceptors (Lipinski definition) is 4. The lowest BCUT2D eigenvalue weighted by Gasteiger charge is -2.14. The number of amides is 1. The first kappa shape index (κ1) is 20.8. The lowest BCUT2D eigenvalue weighted by atomic mass is 10.1. The van der Waals surface area contributed by atoms with Gasteiger partial charge in [-0.2, -0.15) is 0 Å². The quantitative estimate of drug-likeness (QED) is 0.474. The maximum Gasteiger partial charge on any atom is 0.244 e. The summed E-state index contributed by atoms with van der Waals surface area (Å²) in [6.45, 7) is 5.89. The molecular formula is C25H23N3O2S. The predicted octanol–water partition coefficient (Wildman–Crippen LogP) is 5.20. The van der Waals surface area contributed by atoms with Crippen LogP contribution < -0.4 is 10.7 Å². The van der Waals surface area contributed by atoms with Crippen molar-refractivity contribution in [3.63, 3.8) is 0 Å². The van der Waals surface area contributed by atoms with Gasteiger partial charge < -0.3 is 9.88 Å². The molecule has 156 valence electrons. The van der Waals surface area contributed by atoms with Crippen molar-refractivity contribution in [1.82, 2.24) is 9.55 Å². The molecule has 0 aliphatic carbocycles. The first-order chi connectivity index (χ1) is 14.9. The third-order valence-corrected chi connectivity index (χ3v) is 6.13. The first-order valence-electron chi connectivity index (χ1n) is 10.0. The van der Waals surface area contributed by atoms with Crippen molar-refractivity contribution in [1.29, 1.82) is 0 Å². The molecule has 0 saturated carbocycles. The molecule has 0 bridgehead atoms. The summed E-state index contributed by atoms with van der Waals surface area (Å²) in [6, 6.07) is 20.9. The van der Waals surface area contributed by atoms with Crippen LogP contribution in [0.4, 0.5) is 5.69 Å². The van der Waals surface area contributed by atoms with E-state index in [0.717, 1.165) is 43.8 Å². The number of thiazole rings is 1. The van der Waals surface area contributed by atoms with Crippen LogP contribution in [0, 0.1) is 20.8 Å². The zero-order chi connectivity index (χ0) is 22.0. The van der Waals surface area contributed by atoms with E-state index in [1.165, 1.54) is 12.1 Å². The highest BCUT2D eigenvalue weighted by molar-refractivity contribution is 7.15. The SMILES string of the molecule is Cc1sc(-c2ccccc2)nc1-c1ccc(NC(=O)Cn2c(C)cc(=O)cc2C)cc1. The predicted molar refractivity (Wildman–Crippen MR) is 127 cm³/mol. The highest BCUT2D eigenvalue weighted by atomic mass is 32.1. The van der Waals surface area contributed by atoms with Crippen molar-refractivity contribution in [2.45, 2.75) is 27.3 Å². The van der Waals surface area contributed by atoms with Gasteiger partial charge in [0.25, 0.3) is 0 Å². The molecule has 0 radical (unpaired) electrons. The Balaban J connectivity index is 1.48. The van der Waals surface area contributed by atoms with Crippen LogP contribution in [-0.4, -0.2) is 15.5 Å². The van der Waals surface area contributed by atoms with Crippen LogP contribution in [0.5, 0.6) is 0 Å². The van der Waals surface area contributed by atoms with Gasteiger partial charge in [-0.25, -0.2) is 4.98 Å². The zero-order valence-electron chi connectivity index (χ0n) is 17.7. The number of pyridine rings is 1. The molecule has 0 unspecified atom stereocenters. The number of benzene rings is 2. The number of carbonyl (C=O) groups is 1. The number of aromatic nitrogens is 2. The van der Waals surface area contributed by atoms with Gasteiger partial charge >= 0.3 is 0 Å². The van der Waals surface area contributed by atoms with E-state index >= 15 is 0 Å². The third-order valence-electron chi connectivity index (χ3n) is 5.11. The van der Waals surface area contributed by atoms with Crippen molar-refractivity contribution < 1.29 is 4.79 Å². The molecule has 1 amide bonds. The molecule has 1 N–H and O–H groups in total. The standard InChI is InChI=1S/C25H23N3O2S/c1-16-13-22(29)14-17(2)28(16)15-23(30)26-21-11-9-19(10-12-21)24-18(3)31-25(27-24)20-7-5-4-6-8-20/h4-14H,15H2,1-3H3,(H,26,30). The largest absolute Gasteiger partial charge is 0.340 e. The molecule has 4 aromatic rings. The minimum atomic E-state index is -0.140. The van der Waals surface area contributed by atoms with Gasteiger partial charge in [-0.05, 0) is 32.9 Å². The molecule has 0 spiro atoms. The lowest BCUT2D eigenvalue weighted by Crippen LogP contribution is -2.23. The van der Waals surface area contributed by atoms with Gasteiger partial charge in [-0.15, -0.1) is 11.3 Å². The summed E-state index contributed by atoms with van der Waals surface area (Å²) in [6.07, 6.45) is 0. The fraction of sp³-hybridized carbons (Fsp3) is 0.160. The van der Waals surface area contributed by atoms with E-state index in [9.17, 15) is 9.59 Å². The number of rotatable bonds is 5. The molecule has 31 heavy (non-hydrogen) atoms. The Labute approximate surface area is 185 Å². The molecule has 0 aliphatic rings. The van der Waals surface area contributed by atoms with Crippen molar-refractivity contribution >= 4 is 22.9 Å². The van der Waals surface area contributed by atoms with E-state index < -0.39 is 0 Å². The highest BCUT2D eigenvalue weighted by Crippen LogP contribution is 2.33. The van der Waals surface area contributed by atoms with E-state index in [1.54, 1.807) is 11.3 Å². The summed E-state index contributed by atoms with van der Waals surface area (Å²) in [5, 5.41) is 3.93. The Morgan fingerprint density at radius 3 is 2.23 bits per heavy atom. The number of nitrogens with one attached hydrogen (secondary N) is 1. The van der Waals surface area contributed by atoms with Crippen LogP contribution in [0.2, 0.25) is 0 Å². The molecule has 4 rings (SSSR count). The number of anilines is 1. The van der Waals surface area contributed by atoms with Crippen LogP contribution >= 0.6 is 11.3 Å². The molecule has 5 nitrogen and oxygen atoms in total. The van der Waals surface area contributed by atoms with E-state index in [-0.39, 0.29) is 17.9 Å². The smallest absolute Gasteiger partial charge is 0.244 e. The fourth-order valence-electron chi connectivity index (χ4n) is 3.56. The Kier molecular flexibility index (Phi) is 5.82. The van der Waals surface area contributed by atoms with Gasteiger partial charge in [0.1, 0.15) is 11.6 Å². The number of carbonyl (C=O) groups excluding carboxylic acids is 1. The van der Waals surface area contributed by atoms with Gasteiger partial charge in [0.15, 0.2) is 5.43 Å². The second-order valence-corrected chi connectivity index (χ2v) is 8.68. The van der Waals surface area contributed by atoms with Gasteiger partial charge in [0.2, 0.25) is 5.91 Å². The van der Waals surface area contributed by atoms with Crippen molar-refractivity contribution in [2.75, 3.05) is 5.32 Å². The number of nitrogens with zero attached hydrogens (tertiary/aromatic N) is 2. The Hall–Kier alpha value is -3.51. The van der Waals surface area contributed by atoms with Gasteiger partial charge in [0, 0.05) is 45.2 Å². The van der Waals surface area contributed by atoms with E-state index in [0.29, 0.717) is 0 Å². The second-order valence-electron chi connectivity index (χ2n) is 7.48. The van der Waals surface area contributed by atoms with Crippen molar-refractivity contribution in [3.05, 3.63) is 93.2 Å². The Morgan fingerprint density at radius 2 is 1.58 bits per heavy atom. The minimum Gasteiger partial charge on any atom is -0.340 e. The molecule has 2 heterocycles. The zero-order valence-corrected chi connectivity index (χ0v) is 18.5. The monoisotopic (exact) mass is 429 g/mol. The van der Waals surface area contributed by atoms with Crippen LogP contribution in [0.1, 0.15) is 16.3 Å². The van der Waals surface area contributed by atoms with E-state index in [4.69, 9.17) is 4.98 Å². The normalized spacial score (nSPS) is 10.8. The summed E-state index contributed by atoms with van der Waals surface area (Å²) in [5.41, 5.74) is 5.30. The third kappa shape index (κ3) is 4.64. The van der Waals surface area contributed by atoms with Gasteiger partial charge in [-0.1, -0.05) is 42.5 Å². The summed E-state index contributed by atoms with van der Waals surface area (Å²) in [4.78, 5) is 30.1. The maximum absolute atomic E-state index is 12.5. The minimum absolute atomic E-state index is 0.0463. The number of hydrogen-bond donors (Lipinski definition) is 1. The van der Waals surface area contributed by atoms with Crippen molar-refractivity contribution in [2.24, 2.45) is 0 Å². The van der Waals surface area contributed by atoms with Gasteiger partial charge in [-0.3, -0.25) is 9.59 Å². The van der Waals surface area contributed by atoms with E-state index in [1.807, 2.05) is 60.9 Å². The summed E-state index contributed by atoms with van der Waals surface area (Å²) >= 11 is 1.68. The summed E-state index contributed by atoms with van der Waals surface area (Å²) < 4.78 is 1.83. The highest BCUT2D eigenvalue weighted by Gasteiger charge is 2.12. The molecule has 0 aliphatic heterocycles. The van der Waals surface area contributed by atoms with Crippen LogP contribution in [0.25, 0.3) is 21.8 Å². The topological polar surface area (TPSA) is 64.0 Å². The molecule has 0 fully saturated rings.